The lowest BCUT2D eigenvalue weighted by Crippen LogP contribution is -1.81. The van der Waals surface area contributed by atoms with Gasteiger partial charge < -0.3 is 4.52 Å². The number of hydrogen-bond acceptors (Lipinski definition) is 2. The molecule has 0 fully saturated rings. The van der Waals surface area contributed by atoms with Gasteiger partial charge in [-0.1, -0.05) is 6.92 Å². The Morgan fingerprint density at radius 2 is 2.12 bits per heavy atom. The summed E-state index contributed by atoms with van der Waals surface area (Å²) in [5.74, 6) is 0. The fraction of sp³-hybridized carbons (Fsp3) is 1.00. The number of hydrogen-bond donors (Lipinski definition) is 0. The van der Waals surface area contributed by atoms with E-state index in [-0.39, 0.29) is 0 Å². The molecule has 0 N–H and O–H groups in total. The van der Waals surface area contributed by atoms with E-state index in [2.05, 4.69) is 4.52 Å². The molecule has 50 valence electrons. The lowest BCUT2D eigenvalue weighted by atomic mass is 10.5. The molecule has 0 aliphatic rings. The largest absolute Gasteiger partial charge is 0.380 e. The van der Waals surface area contributed by atoms with Crippen molar-refractivity contribution in [1.82, 2.24) is 0 Å². The average Bonchev–Trinajstić information content (AvgIpc) is 1.59. The van der Waals surface area contributed by atoms with Crippen molar-refractivity contribution in [3.63, 3.8) is 0 Å². The Morgan fingerprint density at radius 3 is 2.25 bits per heavy atom. The summed E-state index contributed by atoms with van der Waals surface area (Å²) in [6.45, 7) is 2.23. The Bertz CT molecular complexity index is 99.5. The van der Waals surface area contributed by atoms with Crippen molar-refractivity contribution in [3.8, 4) is 0 Å². The van der Waals surface area contributed by atoms with E-state index in [1.165, 1.54) is 0 Å². The molecule has 0 aromatic heterocycles. The second-order valence-corrected chi connectivity index (χ2v) is 5.52. The molecule has 0 atom stereocenters. The van der Waals surface area contributed by atoms with Gasteiger partial charge in [0.2, 0.25) is 0 Å². The van der Waals surface area contributed by atoms with E-state index >= 15 is 0 Å². The van der Waals surface area contributed by atoms with Crippen molar-refractivity contribution in [2.24, 2.45) is 0 Å². The second-order valence-electron chi connectivity index (χ2n) is 1.25. The fourth-order valence-corrected chi connectivity index (χ4v) is 1.01. The van der Waals surface area contributed by atoms with Gasteiger partial charge in [0, 0.05) is 0 Å². The standard InChI is InChI=1S/C3H7Cl2O2P/c1-2-3-7-8(4,5)6/h2-3H2,1H3. The molecule has 8 heavy (non-hydrogen) atoms. The van der Waals surface area contributed by atoms with Crippen LogP contribution in [-0.2, 0) is 9.09 Å². The van der Waals surface area contributed by atoms with Crippen molar-refractivity contribution in [2.75, 3.05) is 6.61 Å². The van der Waals surface area contributed by atoms with Gasteiger partial charge in [0.25, 0.3) is 0 Å². The third-order valence-electron chi connectivity index (χ3n) is 0.446. The smallest absolute Gasteiger partial charge is 0.306 e. The molecule has 0 amide bonds. The molecule has 5 heteroatoms. The summed E-state index contributed by atoms with van der Waals surface area (Å²) in [4.78, 5) is 0. The summed E-state index contributed by atoms with van der Waals surface area (Å²) < 4.78 is 14.7. The summed E-state index contributed by atoms with van der Waals surface area (Å²) in [7, 11) is 0. The zero-order valence-electron chi connectivity index (χ0n) is 4.43. The molecule has 0 radical (unpaired) electrons. The molecule has 0 aromatic carbocycles. The molecule has 2 nitrogen and oxygen atoms in total. The molecule has 0 saturated carbocycles. The van der Waals surface area contributed by atoms with Gasteiger partial charge in [-0.25, -0.2) is 0 Å². The van der Waals surface area contributed by atoms with Crippen LogP contribution in [0.15, 0.2) is 0 Å². The van der Waals surface area contributed by atoms with Gasteiger partial charge in [0.05, 0.1) is 6.61 Å². The maximum atomic E-state index is 10.3. The molecule has 0 bridgehead atoms. The lowest BCUT2D eigenvalue weighted by Gasteiger charge is -1.99. The molecule has 0 aliphatic heterocycles. The van der Waals surface area contributed by atoms with Gasteiger partial charge in [-0.2, -0.15) is 0 Å². The topological polar surface area (TPSA) is 26.3 Å². The van der Waals surface area contributed by atoms with Crippen LogP contribution in [0.2, 0.25) is 0 Å². The highest BCUT2D eigenvalue weighted by Crippen LogP contribution is 2.57. The monoisotopic (exact) mass is 176 g/mol. The molecule has 0 spiro atoms. The first-order valence-electron chi connectivity index (χ1n) is 2.20. The van der Waals surface area contributed by atoms with Crippen LogP contribution in [0.25, 0.3) is 0 Å². The minimum absolute atomic E-state index is 0.351. The van der Waals surface area contributed by atoms with E-state index in [1.807, 2.05) is 6.92 Å². The average molecular weight is 177 g/mol. The quantitative estimate of drug-likeness (QED) is 0.619. The van der Waals surface area contributed by atoms with Crippen LogP contribution in [0.1, 0.15) is 13.3 Å². The van der Waals surface area contributed by atoms with E-state index in [0.717, 1.165) is 6.42 Å². The van der Waals surface area contributed by atoms with Crippen LogP contribution < -0.4 is 0 Å². The minimum Gasteiger partial charge on any atom is -0.306 e. The number of rotatable bonds is 3. The molecule has 0 heterocycles. The first-order valence-corrected chi connectivity index (χ1v) is 5.63. The van der Waals surface area contributed by atoms with Gasteiger partial charge in [-0.3, -0.25) is 4.57 Å². The predicted octanol–water partition coefficient (Wildman–Crippen LogP) is 3.00. The summed E-state index contributed by atoms with van der Waals surface area (Å²) in [5.41, 5.74) is 0. The van der Waals surface area contributed by atoms with Crippen molar-refractivity contribution < 1.29 is 9.09 Å². The molecular weight excluding hydrogens is 170 g/mol. The molecule has 0 rings (SSSR count). The molecule has 0 saturated heterocycles. The summed E-state index contributed by atoms with van der Waals surface area (Å²) >= 11 is 10.0. The highest BCUT2D eigenvalue weighted by atomic mass is 35.9. The van der Waals surface area contributed by atoms with Crippen molar-refractivity contribution in [3.05, 3.63) is 0 Å². The highest BCUT2D eigenvalue weighted by molar-refractivity contribution is 8.05. The lowest BCUT2D eigenvalue weighted by molar-refractivity contribution is 0.333. The highest BCUT2D eigenvalue weighted by Gasteiger charge is 2.11. The van der Waals surface area contributed by atoms with Crippen molar-refractivity contribution in [1.29, 1.82) is 0 Å². The third-order valence-corrected chi connectivity index (χ3v) is 1.51. The SMILES string of the molecule is CCCOP(=O)(Cl)Cl. The van der Waals surface area contributed by atoms with E-state index in [9.17, 15) is 4.57 Å². The number of halogens is 2. The van der Waals surface area contributed by atoms with E-state index in [1.54, 1.807) is 0 Å². The zero-order chi connectivity index (χ0) is 6.62. The van der Waals surface area contributed by atoms with E-state index < -0.39 is 6.07 Å². The Kier molecular flexibility index (Phi) is 4.09. The van der Waals surface area contributed by atoms with Crippen LogP contribution >= 0.6 is 28.6 Å². The van der Waals surface area contributed by atoms with Gasteiger partial charge in [-0.05, 0) is 28.9 Å². The van der Waals surface area contributed by atoms with E-state index in [0.29, 0.717) is 6.61 Å². The zero-order valence-corrected chi connectivity index (χ0v) is 6.84. The molecule has 0 unspecified atom stereocenters. The fourth-order valence-electron chi connectivity index (χ4n) is 0.198. The molecular formula is C3H7Cl2O2P. The second kappa shape index (κ2) is 3.73. The van der Waals surface area contributed by atoms with Crippen LogP contribution in [0.3, 0.4) is 0 Å². The predicted molar refractivity (Wildman–Crippen MR) is 35.6 cm³/mol. The van der Waals surface area contributed by atoms with E-state index in [4.69, 9.17) is 22.5 Å². The van der Waals surface area contributed by atoms with Gasteiger partial charge >= 0.3 is 6.07 Å². The Hall–Kier alpha value is 0.770. The summed E-state index contributed by atoms with van der Waals surface area (Å²) in [6, 6.07) is 0. The maximum Gasteiger partial charge on any atom is 0.380 e. The van der Waals surface area contributed by atoms with Crippen LogP contribution in [0, 0.1) is 0 Å². The van der Waals surface area contributed by atoms with Gasteiger partial charge in [-0.15, -0.1) is 0 Å². The van der Waals surface area contributed by atoms with Gasteiger partial charge in [0.15, 0.2) is 0 Å². The maximum absolute atomic E-state index is 10.3. The van der Waals surface area contributed by atoms with Crippen LogP contribution in [-0.4, -0.2) is 6.61 Å². The van der Waals surface area contributed by atoms with Crippen LogP contribution in [0.4, 0.5) is 0 Å². The summed E-state index contributed by atoms with van der Waals surface area (Å²) in [5, 5.41) is 0. The normalized spacial score (nSPS) is 11.9. The Morgan fingerprint density at radius 1 is 1.62 bits per heavy atom. The molecule has 0 aliphatic carbocycles. The summed E-state index contributed by atoms with van der Waals surface area (Å²) in [6.07, 6.45) is -2.47. The Balaban J connectivity index is 3.26. The van der Waals surface area contributed by atoms with Crippen molar-refractivity contribution in [2.45, 2.75) is 13.3 Å². The van der Waals surface area contributed by atoms with Gasteiger partial charge in [0.1, 0.15) is 0 Å². The van der Waals surface area contributed by atoms with Crippen LogP contribution in [0.5, 0.6) is 0 Å². The third kappa shape index (κ3) is 6.77. The van der Waals surface area contributed by atoms with Crippen molar-refractivity contribution >= 4 is 28.6 Å². The Labute approximate surface area is 58.2 Å². The first kappa shape index (κ1) is 8.77. The first-order chi connectivity index (χ1) is 3.56. The minimum atomic E-state index is -3.24. The molecule has 0 aromatic rings.